The smallest absolute Gasteiger partial charge is 0.191 e. The van der Waals surface area contributed by atoms with Gasteiger partial charge in [0.05, 0.1) is 5.01 Å². The largest absolute Gasteiger partial charge is 0.356 e. The van der Waals surface area contributed by atoms with E-state index < -0.39 is 0 Å². The maximum atomic E-state index is 4.38. The third-order valence-electron chi connectivity index (χ3n) is 3.71. The predicted octanol–water partition coefficient (Wildman–Crippen LogP) is 3.27. The van der Waals surface area contributed by atoms with Crippen LogP contribution in [-0.2, 0) is 6.42 Å². The van der Waals surface area contributed by atoms with Gasteiger partial charge in [0.2, 0.25) is 0 Å². The minimum atomic E-state index is 0.440. The van der Waals surface area contributed by atoms with Crippen molar-refractivity contribution < 1.29 is 0 Å². The van der Waals surface area contributed by atoms with E-state index in [1.807, 2.05) is 6.20 Å². The first-order valence-electron chi connectivity index (χ1n) is 8.01. The summed E-state index contributed by atoms with van der Waals surface area (Å²) >= 11 is 1.75. The normalized spacial score (nSPS) is 13.0. The van der Waals surface area contributed by atoms with Gasteiger partial charge in [-0.15, -0.1) is 11.3 Å². The fourth-order valence-corrected chi connectivity index (χ4v) is 3.16. The van der Waals surface area contributed by atoms with Crippen LogP contribution in [0.2, 0.25) is 0 Å². The third kappa shape index (κ3) is 5.67. The van der Waals surface area contributed by atoms with Gasteiger partial charge in [0, 0.05) is 37.6 Å². The van der Waals surface area contributed by atoms with Gasteiger partial charge in [-0.25, -0.2) is 4.98 Å². The molecule has 0 saturated heterocycles. The number of rotatable bonds is 6. The Morgan fingerprint density at radius 2 is 2.13 bits per heavy atom. The number of hydrogen-bond donors (Lipinski definition) is 2. The number of hydrogen-bond acceptors (Lipinski definition) is 3. The van der Waals surface area contributed by atoms with Gasteiger partial charge in [0.15, 0.2) is 5.96 Å². The molecule has 0 fully saturated rings. The zero-order valence-electron chi connectivity index (χ0n) is 14.4. The van der Waals surface area contributed by atoms with Gasteiger partial charge in [-0.3, -0.25) is 4.99 Å². The van der Waals surface area contributed by atoms with E-state index in [1.54, 1.807) is 18.4 Å². The van der Waals surface area contributed by atoms with Crippen molar-refractivity contribution >= 4 is 17.3 Å². The van der Waals surface area contributed by atoms with Crippen LogP contribution in [0.4, 0.5) is 0 Å². The molecule has 5 heteroatoms. The second-order valence-corrected chi connectivity index (χ2v) is 7.13. The number of aromatic nitrogens is 1. The Hall–Kier alpha value is -1.88. The summed E-state index contributed by atoms with van der Waals surface area (Å²) in [4.78, 5) is 9.92. The molecule has 0 amide bonds. The average molecular weight is 331 g/mol. The molecule has 1 unspecified atom stereocenters. The van der Waals surface area contributed by atoms with Crippen molar-refractivity contribution in [3.63, 3.8) is 0 Å². The number of guanidine groups is 1. The van der Waals surface area contributed by atoms with E-state index in [4.69, 9.17) is 0 Å². The summed E-state index contributed by atoms with van der Waals surface area (Å²) in [6, 6.07) is 8.67. The number of aliphatic imine (C=N–C) groups is 1. The van der Waals surface area contributed by atoms with Gasteiger partial charge in [0.25, 0.3) is 0 Å². The minimum absolute atomic E-state index is 0.440. The minimum Gasteiger partial charge on any atom is -0.356 e. The second kappa shape index (κ2) is 8.67. The second-order valence-electron chi connectivity index (χ2n) is 5.81. The van der Waals surface area contributed by atoms with Gasteiger partial charge >= 0.3 is 0 Å². The molecular formula is C18H26N4S. The summed E-state index contributed by atoms with van der Waals surface area (Å²) in [5, 5.41) is 7.92. The molecule has 1 aromatic carbocycles. The Balaban J connectivity index is 1.76. The molecule has 0 aliphatic rings. The molecule has 2 rings (SSSR count). The van der Waals surface area contributed by atoms with Crippen LogP contribution in [0.25, 0.3) is 0 Å². The highest BCUT2D eigenvalue weighted by molar-refractivity contribution is 7.11. The van der Waals surface area contributed by atoms with Crippen LogP contribution >= 0.6 is 11.3 Å². The summed E-state index contributed by atoms with van der Waals surface area (Å²) in [6.07, 6.45) is 2.85. The van der Waals surface area contributed by atoms with E-state index in [0.29, 0.717) is 5.92 Å². The van der Waals surface area contributed by atoms with Crippen LogP contribution in [0.5, 0.6) is 0 Å². The lowest BCUT2D eigenvalue weighted by Crippen LogP contribution is -2.39. The standard InChI is InChI=1S/C18H26N4S/c1-13-6-5-7-16(10-13)14(2)11-22-18(19-4)20-9-8-17-21-12-15(3)23-17/h5-7,10,12,14H,8-9,11H2,1-4H3,(H2,19,20,22). The van der Waals surface area contributed by atoms with Crippen LogP contribution in [0.3, 0.4) is 0 Å². The zero-order valence-corrected chi connectivity index (χ0v) is 15.2. The maximum absolute atomic E-state index is 4.38. The molecule has 0 bridgehead atoms. The Bertz CT molecular complexity index is 648. The highest BCUT2D eigenvalue weighted by atomic mass is 32.1. The molecular weight excluding hydrogens is 304 g/mol. The van der Waals surface area contributed by atoms with E-state index in [-0.39, 0.29) is 0 Å². The molecule has 1 atom stereocenters. The SMILES string of the molecule is CN=C(NCCc1ncc(C)s1)NCC(C)c1cccc(C)c1. The highest BCUT2D eigenvalue weighted by Gasteiger charge is 2.07. The fraction of sp³-hybridized carbons (Fsp3) is 0.444. The molecule has 0 aliphatic heterocycles. The van der Waals surface area contributed by atoms with Crippen LogP contribution in [0.15, 0.2) is 35.5 Å². The van der Waals surface area contributed by atoms with E-state index in [9.17, 15) is 0 Å². The topological polar surface area (TPSA) is 49.3 Å². The molecule has 0 aliphatic carbocycles. The molecule has 0 spiro atoms. The maximum Gasteiger partial charge on any atom is 0.191 e. The van der Waals surface area contributed by atoms with E-state index >= 15 is 0 Å². The molecule has 2 aromatic rings. The van der Waals surface area contributed by atoms with Crippen LogP contribution in [0.1, 0.15) is 33.9 Å². The Morgan fingerprint density at radius 1 is 1.30 bits per heavy atom. The number of nitrogens with one attached hydrogen (secondary N) is 2. The average Bonchev–Trinajstić information content (AvgIpc) is 2.95. The van der Waals surface area contributed by atoms with Gasteiger partial charge in [0.1, 0.15) is 0 Å². The van der Waals surface area contributed by atoms with Gasteiger partial charge in [-0.05, 0) is 25.3 Å². The Morgan fingerprint density at radius 3 is 2.78 bits per heavy atom. The van der Waals surface area contributed by atoms with E-state index in [2.05, 4.69) is 65.6 Å². The number of nitrogens with zero attached hydrogens (tertiary/aromatic N) is 2. The number of thiazole rings is 1. The van der Waals surface area contributed by atoms with Crippen LogP contribution in [-0.4, -0.2) is 31.1 Å². The predicted molar refractivity (Wildman–Crippen MR) is 99.5 cm³/mol. The van der Waals surface area contributed by atoms with E-state index in [1.165, 1.54) is 21.0 Å². The first-order valence-corrected chi connectivity index (χ1v) is 8.82. The lowest BCUT2D eigenvalue weighted by atomic mass is 9.99. The van der Waals surface area contributed by atoms with Gasteiger partial charge in [-0.1, -0.05) is 36.8 Å². The Kier molecular flexibility index (Phi) is 6.59. The van der Waals surface area contributed by atoms with Crippen LogP contribution < -0.4 is 10.6 Å². The Labute approximate surface area is 143 Å². The quantitative estimate of drug-likeness (QED) is 0.631. The van der Waals surface area contributed by atoms with Crippen molar-refractivity contribution in [1.29, 1.82) is 0 Å². The first-order chi connectivity index (χ1) is 11.1. The van der Waals surface area contributed by atoms with Crippen molar-refractivity contribution in [2.24, 2.45) is 4.99 Å². The molecule has 4 nitrogen and oxygen atoms in total. The van der Waals surface area contributed by atoms with Crippen molar-refractivity contribution in [3.8, 4) is 0 Å². The fourth-order valence-electron chi connectivity index (χ4n) is 2.37. The zero-order chi connectivity index (χ0) is 16.7. The molecule has 0 saturated carbocycles. The summed E-state index contributed by atoms with van der Waals surface area (Å²) < 4.78 is 0. The molecule has 1 heterocycles. The summed E-state index contributed by atoms with van der Waals surface area (Å²) in [6.45, 7) is 8.14. The lowest BCUT2D eigenvalue weighted by Gasteiger charge is -2.16. The van der Waals surface area contributed by atoms with E-state index in [0.717, 1.165) is 25.5 Å². The number of aryl methyl sites for hydroxylation is 2. The monoisotopic (exact) mass is 330 g/mol. The summed E-state index contributed by atoms with van der Waals surface area (Å²) in [7, 11) is 1.81. The third-order valence-corrected chi connectivity index (χ3v) is 4.68. The van der Waals surface area contributed by atoms with Gasteiger partial charge in [-0.2, -0.15) is 0 Å². The van der Waals surface area contributed by atoms with Crippen molar-refractivity contribution in [2.75, 3.05) is 20.1 Å². The lowest BCUT2D eigenvalue weighted by molar-refractivity contribution is 0.697. The van der Waals surface area contributed by atoms with Crippen molar-refractivity contribution in [2.45, 2.75) is 33.1 Å². The molecule has 0 radical (unpaired) electrons. The van der Waals surface area contributed by atoms with Crippen molar-refractivity contribution in [3.05, 3.63) is 51.5 Å². The highest BCUT2D eigenvalue weighted by Crippen LogP contribution is 2.15. The molecule has 1 aromatic heterocycles. The first kappa shape index (κ1) is 17.5. The van der Waals surface area contributed by atoms with Crippen molar-refractivity contribution in [1.82, 2.24) is 15.6 Å². The molecule has 124 valence electrons. The molecule has 2 N–H and O–H groups in total. The van der Waals surface area contributed by atoms with Gasteiger partial charge < -0.3 is 10.6 Å². The summed E-state index contributed by atoms with van der Waals surface area (Å²) in [5.74, 6) is 1.29. The molecule has 23 heavy (non-hydrogen) atoms. The van der Waals surface area contributed by atoms with Crippen LogP contribution in [0, 0.1) is 13.8 Å². The number of benzene rings is 1. The summed E-state index contributed by atoms with van der Waals surface area (Å²) in [5.41, 5.74) is 2.65.